The predicted molar refractivity (Wildman–Crippen MR) is 107 cm³/mol. The van der Waals surface area contributed by atoms with Gasteiger partial charge in [-0.1, -0.05) is 29.8 Å². The van der Waals surface area contributed by atoms with E-state index >= 15 is 0 Å². The average Bonchev–Trinajstić information content (AvgIpc) is 3.41. The minimum absolute atomic E-state index is 0.124. The first-order valence-corrected chi connectivity index (χ1v) is 9.66. The Morgan fingerprint density at radius 2 is 1.86 bits per heavy atom. The number of amides is 3. The third kappa shape index (κ3) is 4.02. The molecule has 2 aromatic rings. The lowest BCUT2D eigenvalue weighted by Gasteiger charge is -2.18. The number of hydrogen-bond donors (Lipinski definition) is 2. The van der Waals surface area contributed by atoms with Crippen LogP contribution < -0.4 is 15.5 Å². The van der Waals surface area contributed by atoms with Crippen LogP contribution in [0.15, 0.2) is 48.5 Å². The van der Waals surface area contributed by atoms with Gasteiger partial charge in [0.2, 0.25) is 11.8 Å². The molecule has 2 aliphatic rings. The van der Waals surface area contributed by atoms with E-state index in [0.29, 0.717) is 22.0 Å². The van der Waals surface area contributed by atoms with Crippen LogP contribution in [0.3, 0.4) is 0 Å². The summed E-state index contributed by atoms with van der Waals surface area (Å²) in [6, 6.07) is 14.2. The Hall–Kier alpha value is -2.86. The van der Waals surface area contributed by atoms with Crippen molar-refractivity contribution in [3.05, 3.63) is 59.1 Å². The number of carbonyl (C=O) groups is 3. The minimum Gasteiger partial charge on any atom is -0.349 e. The standard InChI is InChI=1S/C21H20ClN3O3/c22-17-6-1-2-7-18(17)25-12-14(11-19(25)26)21(28)24-16-5-3-4-13(10-16)20(27)23-15-8-9-15/h1-7,10,14-15H,8-9,11-12H2,(H,23,27)(H,24,28). The second kappa shape index (κ2) is 7.64. The number of para-hydroxylation sites is 1. The van der Waals surface area contributed by atoms with Crippen molar-refractivity contribution in [2.45, 2.75) is 25.3 Å². The van der Waals surface area contributed by atoms with E-state index in [0.717, 1.165) is 12.8 Å². The molecule has 2 aromatic carbocycles. The second-order valence-corrected chi connectivity index (χ2v) is 7.58. The van der Waals surface area contributed by atoms with Gasteiger partial charge in [0.15, 0.2) is 0 Å². The Morgan fingerprint density at radius 1 is 1.07 bits per heavy atom. The smallest absolute Gasteiger partial charge is 0.251 e. The van der Waals surface area contributed by atoms with Gasteiger partial charge in [0, 0.05) is 30.3 Å². The quantitative estimate of drug-likeness (QED) is 0.813. The minimum atomic E-state index is -0.479. The van der Waals surface area contributed by atoms with Gasteiger partial charge >= 0.3 is 0 Å². The van der Waals surface area contributed by atoms with Crippen LogP contribution in [0.25, 0.3) is 0 Å². The van der Waals surface area contributed by atoms with E-state index < -0.39 is 5.92 Å². The average molecular weight is 398 g/mol. The van der Waals surface area contributed by atoms with Crippen LogP contribution in [0.5, 0.6) is 0 Å². The summed E-state index contributed by atoms with van der Waals surface area (Å²) in [5.41, 5.74) is 1.66. The van der Waals surface area contributed by atoms with Gasteiger partial charge in [0.05, 0.1) is 16.6 Å². The van der Waals surface area contributed by atoms with Crippen molar-refractivity contribution in [1.29, 1.82) is 0 Å². The Kier molecular flexibility index (Phi) is 5.05. The summed E-state index contributed by atoms with van der Waals surface area (Å²) >= 11 is 6.18. The zero-order valence-corrected chi connectivity index (χ0v) is 15.9. The summed E-state index contributed by atoms with van der Waals surface area (Å²) in [4.78, 5) is 38.8. The molecule has 28 heavy (non-hydrogen) atoms. The highest BCUT2D eigenvalue weighted by atomic mass is 35.5. The van der Waals surface area contributed by atoms with E-state index in [2.05, 4.69) is 10.6 Å². The van der Waals surface area contributed by atoms with E-state index in [1.807, 2.05) is 0 Å². The third-order valence-corrected chi connectivity index (χ3v) is 5.26. The topological polar surface area (TPSA) is 78.5 Å². The van der Waals surface area contributed by atoms with E-state index in [9.17, 15) is 14.4 Å². The summed E-state index contributed by atoms with van der Waals surface area (Å²) in [7, 11) is 0. The Labute approximate surface area is 167 Å². The van der Waals surface area contributed by atoms with Gasteiger partial charge in [0.1, 0.15) is 0 Å². The van der Waals surface area contributed by atoms with Crippen molar-refractivity contribution < 1.29 is 14.4 Å². The molecule has 7 heteroatoms. The number of rotatable bonds is 5. The molecule has 4 rings (SSSR count). The first-order valence-electron chi connectivity index (χ1n) is 9.28. The van der Waals surface area contributed by atoms with Crippen molar-refractivity contribution >= 4 is 40.7 Å². The second-order valence-electron chi connectivity index (χ2n) is 7.17. The van der Waals surface area contributed by atoms with Crippen LogP contribution in [0.4, 0.5) is 11.4 Å². The molecular weight excluding hydrogens is 378 g/mol. The number of halogens is 1. The van der Waals surface area contributed by atoms with E-state index in [1.165, 1.54) is 0 Å². The van der Waals surface area contributed by atoms with Gasteiger partial charge in [-0.05, 0) is 43.2 Å². The molecule has 144 valence electrons. The Balaban J connectivity index is 1.42. The van der Waals surface area contributed by atoms with Gasteiger partial charge in [-0.25, -0.2) is 0 Å². The molecule has 1 saturated heterocycles. The molecule has 2 N–H and O–H groups in total. The highest BCUT2D eigenvalue weighted by molar-refractivity contribution is 6.33. The van der Waals surface area contributed by atoms with Gasteiger partial charge in [-0.2, -0.15) is 0 Å². The lowest BCUT2D eigenvalue weighted by molar-refractivity contribution is -0.122. The molecule has 0 radical (unpaired) electrons. The molecule has 1 aliphatic heterocycles. The van der Waals surface area contributed by atoms with Crippen molar-refractivity contribution in [3.8, 4) is 0 Å². The zero-order chi connectivity index (χ0) is 19.7. The van der Waals surface area contributed by atoms with Crippen LogP contribution in [0, 0.1) is 5.92 Å². The van der Waals surface area contributed by atoms with Gasteiger partial charge in [0.25, 0.3) is 5.91 Å². The van der Waals surface area contributed by atoms with Gasteiger partial charge < -0.3 is 15.5 Å². The normalized spacial score (nSPS) is 18.8. The number of anilines is 2. The number of nitrogens with zero attached hydrogens (tertiary/aromatic N) is 1. The van der Waals surface area contributed by atoms with Crippen LogP contribution in [0.1, 0.15) is 29.6 Å². The molecule has 1 atom stereocenters. The molecule has 0 aromatic heterocycles. The predicted octanol–water partition coefficient (Wildman–Crippen LogP) is 3.22. The highest BCUT2D eigenvalue weighted by Gasteiger charge is 2.36. The van der Waals surface area contributed by atoms with Crippen LogP contribution >= 0.6 is 11.6 Å². The van der Waals surface area contributed by atoms with E-state index in [4.69, 9.17) is 11.6 Å². The van der Waals surface area contributed by atoms with Gasteiger partial charge in [-0.3, -0.25) is 14.4 Å². The molecule has 1 saturated carbocycles. The maximum atomic E-state index is 12.7. The molecule has 1 aliphatic carbocycles. The largest absolute Gasteiger partial charge is 0.349 e. The highest BCUT2D eigenvalue weighted by Crippen LogP contribution is 2.31. The molecule has 1 unspecified atom stereocenters. The third-order valence-electron chi connectivity index (χ3n) is 4.94. The fraction of sp³-hybridized carbons (Fsp3) is 0.286. The van der Waals surface area contributed by atoms with Crippen LogP contribution in [-0.2, 0) is 9.59 Å². The molecule has 0 spiro atoms. The monoisotopic (exact) mass is 397 g/mol. The fourth-order valence-corrected chi connectivity index (χ4v) is 3.50. The van der Waals surface area contributed by atoms with Crippen molar-refractivity contribution in [2.24, 2.45) is 5.92 Å². The van der Waals surface area contributed by atoms with Crippen molar-refractivity contribution in [2.75, 3.05) is 16.8 Å². The molecule has 1 heterocycles. The lowest BCUT2D eigenvalue weighted by atomic mass is 10.1. The summed E-state index contributed by atoms with van der Waals surface area (Å²) in [6.45, 7) is 0.274. The maximum Gasteiger partial charge on any atom is 0.251 e. The molecule has 0 bridgehead atoms. The zero-order valence-electron chi connectivity index (χ0n) is 15.2. The number of hydrogen-bond acceptors (Lipinski definition) is 3. The SMILES string of the molecule is O=C(NC1CC1)c1cccc(NC(=O)C2CC(=O)N(c3ccccc3Cl)C2)c1. The Bertz CT molecular complexity index is 942. The summed E-state index contributed by atoms with van der Waals surface area (Å²) < 4.78 is 0. The van der Waals surface area contributed by atoms with Gasteiger partial charge in [-0.15, -0.1) is 0 Å². The fourth-order valence-electron chi connectivity index (χ4n) is 3.27. The summed E-state index contributed by atoms with van der Waals surface area (Å²) in [5, 5.41) is 6.23. The van der Waals surface area contributed by atoms with Crippen LogP contribution in [-0.4, -0.2) is 30.3 Å². The molecule has 3 amide bonds. The van der Waals surface area contributed by atoms with Crippen molar-refractivity contribution in [1.82, 2.24) is 5.32 Å². The Morgan fingerprint density at radius 3 is 2.61 bits per heavy atom. The summed E-state index contributed by atoms with van der Waals surface area (Å²) in [6.07, 6.45) is 2.15. The lowest BCUT2D eigenvalue weighted by Crippen LogP contribution is -2.28. The molecule has 6 nitrogen and oxygen atoms in total. The summed E-state index contributed by atoms with van der Waals surface area (Å²) in [5.74, 6) is -0.999. The van der Waals surface area contributed by atoms with Crippen LogP contribution in [0.2, 0.25) is 5.02 Å². The van der Waals surface area contributed by atoms with E-state index in [-0.39, 0.29) is 36.7 Å². The maximum absolute atomic E-state index is 12.7. The first kappa shape index (κ1) is 18.5. The van der Waals surface area contributed by atoms with E-state index in [1.54, 1.807) is 53.4 Å². The van der Waals surface area contributed by atoms with Crippen molar-refractivity contribution in [3.63, 3.8) is 0 Å². The number of carbonyl (C=O) groups excluding carboxylic acids is 3. The molecular formula is C21H20ClN3O3. The first-order chi connectivity index (χ1) is 13.5. The number of nitrogens with one attached hydrogen (secondary N) is 2. The number of benzene rings is 2. The molecule has 2 fully saturated rings.